The number of thiophene rings is 1. The molecule has 2 rings (SSSR count). The fourth-order valence-corrected chi connectivity index (χ4v) is 2.50. The van der Waals surface area contributed by atoms with Crippen LogP contribution in [0.1, 0.15) is 23.4 Å². The van der Waals surface area contributed by atoms with Crippen LogP contribution >= 0.6 is 11.3 Å². The van der Waals surface area contributed by atoms with Crippen LogP contribution in [-0.2, 0) is 0 Å². The maximum Gasteiger partial charge on any atom is 0.0361 e. The second-order valence-electron chi connectivity index (χ2n) is 3.84. The Hall–Kier alpha value is -1.12. The van der Waals surface area contributed by atoms with Gasteiger partial charge >= 0.3 is 0 Å². The number of hydrogen-bond acceptors (Lipinski definition) is 2. The van der Waals surface area contributed by atoms with E-state index < -0.39 is 0 Å². The monoisotopic (exact) mass is 217 g/mol. The maximum atomic E-state index is 5.85. The third kappa shape index (κ3) is 2.11. The minimum Gasteiger partial charge on any atom is -0.324 e. The Balaban J connectivity index is 2.42. The Kier molecular flexibility index (Phi) is 2.89. The summed E-state index contributed by atoms with van der Waals surface area (Å²) in [5.74, 6) is 0. The normalized spacial score (nSPS) is 12.7. The van der Waals surface area contributed by atoms with E-state index in [-0.39, 0.29) is 6.04 Å². The van der Waals surface area contributed by atoms with E-state index in [0.717, 1.165) is 0 Å². The van der Waals surface area contributed by atoms with Crippen LogP contribution in [-0.4, -0.2) is 0 Å². The number of rotatable bonds is 2. The number of hydrogen-bond donors (Lipinski definition) is 1. The third-order valence-corrected chi connectivity index (χ3v) is 3.66. The first kappa shape index (κ1) is 10.4. The van der Waals surface area contributed by atoms with Crippen molar-refractivity contribution in [2.24, 2.45) is 5.73 Å². The zero-order valence-electron chi connectivity index (χ0n) is 9.03. The van der Waals surface area contributed by atoms with Crippen LogP contribution in [0.15, 0.2) is 35.7 Å². The van der Waals surface area contributed by atoms with Crippen LogP contribution in [0.2, 0.25) is 0 Å². The molecule has 0 bridgehead atoms. The minimum absolute atomic E-state index is 0.132. The Morgan fingerprint density at radius 1 is 1.27 bits per heavy atom. The quantitative estimate of drug-likeness (QED) is 0.814. The van der Waals surface area contributed by atoms with Crippen molar-refractivity contribution < 1.29 is 0 Å². The van der Waals surface area contributed by atoms with Crippen molar-refractivity contribution in [3.8, 4) is 11.1 Å². The Morgan fingerprint density at radius 3 is 2.60 bits per heavy atom. The summed E-state index contributed by atoms with van der Waals surface area (Å²) in [6, 6.07) is 10.8. The van der Waals surface area contributed by atoms with E-state index in [0.29, 0.717) is 0 Å². The van der Waals surface area contributed by atoms with Gasteiger partial charge in [-0.25, -0.2) is 0 Å². The molecule has 0 aliphatic rings. The van der Waals surface area contributed by atoms with Crippen molar-refractivity contribution in [1.29, 1.82) is 0 Å². The van der Waals surface area contributed by atoms with Gasteiger partial charge in [0.15, 0.2) is 0 Å². The highest BCUT2D eigenvalue weighted by Crippen LogP contribution is 2.30. The van der Waals surface area contributed by atoms with Crippen LogP contribution in [0.4, 0.5) is 0 Å². The predicted molar refractivity (Wildman–Crippen MR) is 67.1 cm³/mol. The van der Waals surface area contributed by atoms with Crippen molar-refractivity contribution in [3.05, 3.63) is 46.2 Å². The molecule has 0 spiro atoms. The molecule has 2 aromatic rings. The molecule has 0 fully saturated rings. The molecule has 1 aromatic carbocycles. The van der Waals surface area contributed by atoms with Gasteiger partial charge in [0, 0.05) is 10.9 Å². The van der Waals surface area contributed by atoms with Crippen LogP contribution in [0.25, 0.3) is 11.1 Å². The van der Waals surface area contributed by atoms with Gasteiger partial charge in [-0.15, -0.1) is 11.3 Å². The highest BCUT2D eigenvalue weighted by Gasteiger charge is 2.06. The van der Waals surface area contributed by atoms with E-state index in [9.17, 15) is 0 Å². The fraction of sp³-hybridized carbons (Fsp3) is 0.231. The van der Waals surface area contributed by atoms with Crippen molar-refractivity contribution >= 4 is 11.3 Å². The highest BCUT2D eigenvalue weighted by atomic mass is 32.1. The van der Waals surface area contributed by atoms with E-state index in [4.69, 9.17) is 5.73 Å². The summed E-state index contributed by atoms with van der Waals surface area (Å²) >= 11 is 1.74. The number of benzene rings is 1. The summed E-state index contributed by atoms with van der Waals surface area (Å²) in [6.45, 7) is 4.16. The van der Waals surface area contributed by atoms with Crippen molar-refractivity contribution in [1.82, 2.24) is 0 Å². The first-order valence-electron chi connectivity index (χ1n) is 5.08. The van der Waals surface area contributed by atoms with Crippen LogP contribution in [0, 0.1) is 6.92 Å². The lowest BCUT2D eigenvalue weighted by atomic mass is 10.0. The molecular weight excluding hydrogens is 202 g/mol. The molecule has 0 aliphatic heterocycles. The van der Waals surface area contributed by atoms with Gasteiger partial charge in [0.25, 0.3) is 0 Å². The summed E-state index contributed by atoms with van der Waals surface area (Å²) in [5, 5.41) is 2.18. The molecule has 1 aromatic heterocycles. The topological polar surface area (TPSA) is 26.0 Å². The van der Waals surface area contributed by atoms with E-state index in [2.05, 4.69) is 42.6 Å². The molecule has 0 unspecified atom stereocenters. The lowest BCUT2D eigenvalue weighted by molar-refractivity contribution is 0.838. The van der Waals surface area contributed by atoms with Crippen molar-refractivity contribution in [2.45, 2.75) is 19.9 Å². The van der Waals surface area contributed by atoms with Gasteiger partial charge in [0.1, 0.15) is 0 Å². The zero-order chi connectivity index (χ0) is 10.8. The SMILES string of the molecule is Cc1ccccc1-c1csc([C@H](C)N)c1. The Morgan fingerprint density at radius 2 is 2.00 bits per heavy atom. The molecule has 0 saturated heterocycles. The third-order valence-electron chi connectivity index (χ3n) is 2.52. The Labute approximate surface area is 94.6 Å². The summed E-state index contributed by atoms with van der Waals surface area (Å²) < 4.78 is 0. The number of nitrogens with two attached hydrogens (primary N) is 1. The molecule has 0 saturated carbocycles. The smallest absolute Gasteiger partial charge is 0.0361 e. The standard InChI is InChI=1S/C13H15NS/c1-9-5-3-4-6-12(9)11-7-13(10(2)14)15-8-11/h3-8,10H,14H2,1-2H3/t10-/m0/s1. The molecule has 1 atom stereocenters. The Bertz CT molecular complexity index is 457. The second-order valence-corrected chi connectivity index (χ2v) is 4.78. The summed E-state index contributed by atoms with van der Waals surface area (Å²) in [6.07, 6.45) is 0. The van der Waals surface area contributed by atoms with Gasteiger partial charge in [-0.05, 0) is 42.0 Å². The predicted octanol–water partition coefficient (Wildman–Crippen LogP) is 3.74. The van der Waals surface area contributed by atoms with E-state index in [1.54, 1.807) is 11.3 Å². The molecule has 0 radical (unpaired) electrons. The van der Waals surface area contributed by atoms with Crippen molar-refractivity contribution in [2.75, 3.05) is 0 Å². The minimum atomic E-state index is 0.132. The van der Waals surface area contributed by atoms with Crippen LogP contribution in [0.3, 0.4) is 0 Å². The summed E-state index contributed by atoms with van der Waals surface area (Å²) in [7, 11) is 0. The van der Waals surface area contributed by atoms with Gasteiger partial charge < -0.3 is 5.73 Å². The summed E-state index contributed by atoms with van der Waals surface area (Å²) in [5.41, 5.74) is 9.75. The first-order chi connectivity index (χ1) is 7.18. The highest BCUT2D eigenvalue weighted by molar-refractivity contribution is 7.10. The average molecular weight is 217 g/mol. The zero-order valence-corrected chi connectivity index (χ0v) is 9.84. The van der Waals surface area contributed by atoms with Gasteiger partial charge in [-0.1, -0.05) is 24.3 Å². The second kappa shape index (κ2) is 4.17. The largest absolute Gasteiger partial charge is 0.324 e. The van der Waals surface area contributed by atoms with Crippen molar-refractivity contribution in [3.63, 3.8) is 0 Å². The molecule has 1 heterocycles. The van der Waals surface area contributed by atoms with Crippen LogP contribution in [0.5, 0.6) is 0 Å². The number of aryl methyl sites for hydroxylation is 1. The van der Waals surface area contributed by atoms with Gasteiger partial charge in [0.2, 0.25) is 0 Å². The average Bonchev–Trinajstić information content (AvgIpc) is 2.67. The van der Waals surface area contributed by atoms with Gasteiger partial charge in [0.05, 0.1) is 0 Å². The molecule has 1 nitrogen and oxygen atoms in total. The lowest BCUT2D eigenvalue weighted by Crippen LogP contribution is -2.01. The molecule has 15 heavy (non-hydrogen) atoms. The molecule has 2 N–H and O–H groups in total. The molecule has 0 amide bonds. The first-order valence-corrected chi connectivity index (χ1v) is 5.96. The lowest BCUT2D eigenvalue weighted by Gasteiger charge is -2.02. The van der Waals surface area contributed by atoms with Crippen LogP contribution < -0.4 is 5.73 Å². The van der Waals surface area contributed by atoms with E-state index in [1.807, 2.05) is 6.92 Å². The molecular formula is C13H15NS. The molecule has 78 valence electrons. The van der Waals surface area contributed by atoms with Gasteiger partial charge in [-0.2, -0.15) is 0 Å². The fourth-order valence-electron chi connectivity index (χ4n) is 1.63. The molecule has 0 aliphatic carbocycles. The van der Waals surface area contributed by atoms with E-state index >= 15 is 0 Å². The van der Waals surface area contributed by atoms with E-state index in [1.165, 1.54) is 21.6 Å². The molecule has 2 heteroatoms. The maximum absolute atomic E-state index is 5.85. The van der Waals surface area contributed by atoms with Gasteiger partial charge in [-0.3, -0.25) is 0 Å². The summed E-state index contributed by atoms with van der Waals surface area (Å²) in [4.78, 5) is 1.24.